The summed E-state index contributed by atoms with van der Waals surface area (Å²) < 4.78 is 26.5. The molecular weight excluding hydrogens is 427 g/mol. The van der Waals surface area contributed by atoms with E-state index in [9.17, 15) is 9.18 Å². The van der Waals surface area contributed by atoms with Crippen LogP contribution in [0.15, 0.2) is 42.6 Å². The molecule has 0 spiro atoms. The maximum atomic E-state index is 14.3. The maximum Gasteiger partial charge on any atom is 0.271 e. The summed E-state index contributed by atoms with van der Waals surface area (Å²) in [7, 11) is 2.93. The first-order chi connectivity index (χ1) is 16.0. The smallest absolute Gasteiger partial charge is 0.271 e. The molecule has 1 amide bonds. The summed E-state index contributed by atoms with van der Waals surface area (Å²) in [6.07, 6.45) is 1.65. The molecule has 9 nitrogen and oxygen atoms in total. The molecule has 2 aromatic heterocycles. The molecule has 0 atom stereocenters. The molecule has 1 aliphatic heterocycles. The number of aromatic nitrogens is 3. The van der Waals surface area contributed by atoms with Crippen molar-refractivity contribution in [2.24, 2.45) is 0 Å². The number of nitrogens with one attached hydrogen (secondary N) is 2. The van der Waals surface area contributed by atoms with Crippen LogP contribution in [0.4, 0.5) is 21.5 Å². The number of hydrogen-bond donors (Lipinski definition) is 3. The molecule has 1 aliphatic rings. The van der Waals surface area contributed by atoms with E-state index in [0.717, 1.165) is 5.39 Å². The summed E-state index contributed by atoms with van der Waals surface area (Å²) in [6, 6.07) is 9.85. The van der Waals surface area contributed by atoms with E-state index >= 15 is 0 Å². The van der Waals surface area contributed by atoms with Gasteiger partial charge < -0.3 is 25.8 Å². The zero-order valence-electron chi connectivity index (χ0n) is 18.0. The van der Waals surface area contributed by atoms with Gasteiger partial charge in [-0.15, -0.1) is 0 Å². The van der Waals surface area contributed by atoms with Crippen molar-refractivity contribution in [1.29, 1.82) is 0 Å². The summed E-state index contributed by atoms with van der Waals surface area (Å²) in [6.45, 7) is 0.950. The van der Waals surface area contributed by atoms with Crippen LogP contribution in [0.25, 0.3) is 22.2 Å². The molecule has 4 N–H and O–H groups in total. The Morgan fingerprint density at radius 3 is 2.85 bits per heavy atom. The molecule has 168 valence electrons. The average molecular weight is 448 g/mol. The number of amides is 1. The molecule has 5 rings (SSSR count). The topological polar surface area (TPSA) is 116 Å². The predicted molar refractivity (Wildman–Crippen MR) is 122 cm³/mol. The van der Waals surface area contributed by atoms with Gasteiger partial charge >= 0.3 is 0 Å². The van der Waals surface area contributed by atoms with Gasteiger partial charge in [0.1, 0.15) is 17.1 Å². The number of nitrogens with two attached hydrogens (primary N) is 1. The van der Waals surface area contributed by atoms with Gasteiger partial charge in [-0.2, -0.15) is 5.10 Å². The van der Waals surface area contributed by atoms with Crippen molar-refractivity contribution in [2.45, 2.75) is 6.54 Å². The standard InChI is InChI=1S/C23H21FN6O3/c1-32-18-11-17-13(10-15(18)25)12(6-7-26-17)19-20(21-23(31)27-8-9-30(21)29-19)28-16-5-3-4-14(24)22(16)33-2/h3-7,10-11,28H,8-9,25H2,1-2H3,(H,27,31). The van der Waals surface area contributed by atoms with Crippen molar-refractivity contribution < 1.29 is 18.7 Å². The third kappa shape index (κ3) is 3.36. The molecule has 0 bridgehead atoms. The van der Waals surface area contributed by atoms with E-state index in [2.05, 4.69) is 15.6 Å². The van der Waals surface area contributed by atoms with E-state index in [1.54, 1.807) is 41.2 Å². The van der Waals surface area contributed by atoms with E-state index in [-0.39, 0.29) is 11.7 Å². The lowest BCUT2D eigenvalue weighted by Crippen LogP contribution is -2.35. The third-order valence-corrected chi connectivity index (χ3v) is 5.56. The minimum absolute atomic E-state index is 0.0354. The maximum absolute atomic E-state index is 14.3. The number of fused-ring (bicyclic) bond motifs is 2. The van der Waals surface area contributed by atoms with Gasteiger partial charge in [-0.1, -0.05) is 6.07 Å². The Balaban J connectivity index is 1.76. The minimum Gasteiger partial charge on any atom is -0.495 e. The highest BCUT2D eigenvalue weighted by Gasteiger charge is 2.29. The number of nitrogens with zero attached hydrogens (tertiary/aromatic N) is 3. The molecule has 0 unspecified atom stereocenters. The number of nitrogen functional groups attached to an aromatic ring is 1. The quantitative estimate of drug-likeness (QED) is 0.401. The summed E-state index contributed by atoms with van der Waals surface area (Å²) in [5.74, 6) is -0.257. The lowest BCUT2D eigenvalue weighted by atomic mass is 10.0. The highest BCUT2D eigenvalue weighted by atomic mass is 19.1. The molecule has 0 saturated carbocycles. The first kappa shape index (κ1) is 20.6. The van der Waals surface area contributed by atoms with Gasteiger partial charge in [-0.25, -0.2) is 4.39 Å². The SMILES string of the molecule is COc1cc2nccc(-c3nn4c(c3Nc3cccc(F)c3OC)C(=O)NCC4)c2cc1N. The van der Waals surface area contributed by atoms with Gasteiger partial charge in [0, 0.05) is 29.8 Å². The van der Waals surface area contributed by atoms with Crippen LogP contribution in [0.5, 0.6) is 11.5 Å². The van der Waals surface area contributed by atoms with Gasteiger partial charge in [-0.3, -0.25) is 14.5 Å². The van der Waals surface area contributed by atoms with E-state index in [0.29, 0.717) is 58.4 Å². The first-order valence-electron chi connectivity index (χ1n) is 10.2. The Hall–Kier alpha value is -4.34. The number of hydrogen-bond acceptors (Lipinski definition) is 7. The van der Waals surface area contributed by atoms with Crippen LogP contribution in [-0.2, 0) is 6.54 Å². The van der Waals surface area contributed by atoms with Crippen LogP contribution in [-0.4, -0.2) is 41.4 Å². The number of methoxy groups -OCH3 is 2. The zero-order valence-corrected chi connectivity index (χ0v) is 18.0. The van der Waals surface area contributed by atoms with Crippen molar-refractivity contribution >= 4 is 33.9 Å². The van der Waals surface area contributed by atoms with Crippen LogP contribution in [0, 0.1) is 5.82 Å². The molecule has 0 saturated heterocycles. The normalized spacial score (nSPS) is 12.9. The van der Waals surface area contributed by atoms with Crippen LogP contribution in [0.2, 0.25) is 0 Å². The van der Waals surface area contributed by atoms with Gasteiger partial charge in [0.05, 0.1) is 43.3 Å². The van der Waals surface area contributed by atoms with Gasteiger partial charge in [0.15, 0.2) is 11.6 Å². The Labute approximate surface area is 188 Å². The highest BCUT2D eigenvalue weighted by molar-refractivity contribution is 6.06. The molecule has 0 fully saturated rings. The number of carbonyl (C=O) groups is 1. The third-order valence-electron chi connectivity index (χ3n) is 5.56. The van der Waals surface area contributed by atoms with Crippen LogP contribution in [0.1, 0.15) is 10.5 Å². The first-order valence-corrected chi connectivity index (χ1v) is 10.2. The molecule has 2 aromatic carbocycles. The van der Waals surface area contributed by atoms with E-state index in [1.165, 1.54) is 20.3 Å². The number of benzene rings is 2. The van der Waals surface area contributed by atoms with Gasteiger partial charge in [0.25, 0.3) is 5.91 Å². The van der Waals surface area contributed by atoms with Gasteiger partial charge in [-0.05, 0) is 24.3 Å². The fourth-order valence-electron chi connectivity index (χ4n) is 4.04. The molecule has 0 radical (unpaired) electrons. The second kappa shape index (κ2) is 7.97. The van der Waals surface area contributed by atoms with E-state index in [1.807, 2.05) is 0 Å². The number of ether oxygens (including phenoxy) is 2. The summed E-state index contributed by atoms with van der Waals surface area (Å²) in [5.41, 5.74) is 9.62. The summed E-state index contributed by atoms with van der Waals surface area (Å²) >= 11 is 0. The molecule has 4 aromatic rings. The Morgan fingerprint density at radius 2 is 2.06 bits per heavy atom. The fraction of sp³-hybridized carbons (Fsp3) is 0.174. The number of pyridine rings is 1. The second-order valence-electron chi connectivity index (χ2n) is 7.47. The summed E-state index contributed by atoms with van der Waals surface area (Å²) in [4.78, 5) is 17.2. The fourth-order valence-corrected chi connectivity index (χ4v) is 4.04. The molecular formula is C23H21FN6O3. The van der Waals surface area contributed by atoms with E-state index < -0.39 is 5.82 Å². The monoisotopic (exact) mass is 448 g/mol. The van der Waals surface area contributed by atoms with Crippen LogP contribution < -0.4 is 25.8 Å². The zero-order chi connectivity index (χ0) is 23.1. The number of para-hydroxylation sites is 1. The Morgan fingerprint density at radius 1 is 1.21 bits per heavy atom. The Kier molecular flexibility index (Phi) is 4.97. The Bertz CT molecular complexity index is 1400. The van der Waals surface area contributed by atoms with Crippen molar-refractivity contribution in [3.05, 3.63) is 54.1 Å². The number of anilines is 3. The number of carbonyl (C=O) groups excluding carboxylic acids is 1. The summed E-state index contributed by atoms with van der Waals surface area (Å²) in [5, 5.41) is 11.5. The van der Waals surface area contributed by atoms with Crippen molar-refractivity contribution in [3.63, 3.8) is 0 Å². The molecule has 0 aliphatic carbocycles. The highest BCUT2D eigenvalue weighted by Crippen LogP contribution is 2.40. The van der Waals surface area contributed by atoms with Crippen molar-refractivity contribution in [3.8, 4) is 22.8 Å². The lowest BCUT2D eigenvalue weighted by Gasteiger charge is -2.17. The predicted octanol–water partition coefficient (Wildman–Crippen LogP) is 3.32. The number of halogens is 1. The molecule has 3 heterocycles. The van der Waals surface area contributed by atoms with Crippen LogP contribution >= 0.6 is 0 Å². The average Bonchev–Trinajstić information content (AvgIpc) is 3.17. The molecule has 33 heavy (non-hydrogen) atoms. The molecule has 10 heteroatoms. The van der Waals surface area contributed by atoms with Crippen LogP contribution in [0.3, 0.4) is 0 Å². The second-order valence-corrected chi connectivity index (χ2v) is 7.47. The van der Waals surface area contributed by atoms with Crippen molar-refractivity contribution in [2.75, 3.05) is 31.8 Å². The minimum atomic E-state index is -0.524. The van der Waals surface area contributed by atoms with Gasteiger partial charge in [0.2, 0.25) is 0 Å². The largest absolute Gasteiger partial charge is 0.495 e. The number of rotatable bonds is 5. The van der Waals surface area contributed by atoms with Crippen molar-refractivity contribution in [1.82, 2.24) is 20.1 Å². The lowest BCUT2D eigenvalue weighted by molar-refractivity contribution is 0.0925. The van der Waals surface area contributed by atoms with E-state index in [4.69, 9.17) is 20.3 Å².